The molecule has 1 N–H and O–H groups in total. The lowest BCUT2D eigenvalue weighted by Crippen LogP contribution is -2.41. The maximum atomic E-state index is 13.1. The van der Waals surface area contributed by atoms with E-state index < -0.39 is 0 Å². The van der Waals surface area contributed by atoms with Gasteiger partial charge in [0.1, 0.15) is 18.1 Å². The van der Waals surface area contributed by atoms with Gasteiger partial charge in [-0.2, -0.15) is 5.10 Å². The molecule has 35 heavy (non-hydrogen) atoms. The van der Waals surface area contributed by atoms with Crippen molar-refractivity contribution >= 4 is 29.3 Å². The Labute approximate surface area is 208 Å². The highest BCUT2D eigenvalue weighted by Crippen LogP contribution is 2.30. The summed E-state index contributed by atoms with van der Waals surface area (Å²) in [5, 5.41) is 7.48. The summed E-state index contributed by atoms with van der Waals surface area (Å²) in [6.07, 6.45) is 5.89. The predicted molar refractivity (Wildman–Crippen MR) is 134 cm³/mol. The van der Waals surface area contributed by atoms with E-state index in [1.807, 2.05) is 29.2 Å². The van der Waals surface area contributed by atoms with E-state index in [9.17, 15) is 14.0 Å². The van der Waals surface area contributed by atoms with Crippen LogP contribution in [0.2, 0.25) is 0 Å². The minimum absolute atomic E-state index is 0.00683. The zero-order chi connectivity index (χ0) is 24.6. The number of amides is 2. The summed E-state index contributed by atoms with van der Waals surface area (Å²) in [5.74, 6) is 0.420. The van der Waals surface area contributed by atoms with Gasteiger partial charge in [-0.25, -0.2) is 4.39 Å². The first kappa shape index (κ1) is 24.8. The molecule has 0 saturated carbocycles. The number of aryl methyl sites for hydroxylation is 1. The molecule has 1 fully saturated rings. The Bertz CT molecular complexity index is 1140. The first-order valence-electron chi connectivity index (χ1n) is 11.6. The molecule has 4 rings (SSSR count). The van der Waals surface area contributed by atoms with Crippen LogP contribution in [0, 0.1) is 5.82 Å². The van der Waals surface area contributed by atoms with Crippen LogP contribution in [0.15, 0.2) is 65.8 Å². The van der Waals surface area contributed by atoms with Crippen molar-refractivity contribution < 1.29 is 18.7 Å². The number of aromatic nitrogens is 2. The first-order chi connectivity index (χ1) is 17.0. The molecular weight excluding hydrogens is 467 g/mol. The number of nitrogens with one attached hydrogen (secondary N) is 1. The Kier molecular flexibility index (Phi) is 8.41. The summed E-state index contributed by atoms with van der Waals surface area (Å²) in [5.41, 5.74) is 1.54. The summed E-state index contributed by atoms with van der Waals surface area (Å²) >= 11 is 1.74. The molecule has 0 unspecified atom stereocenters. The molecule has 0 aliphatic carbocycles. The van der Waals surface area contributed by atoms with Crippen molar-refractivity contribution in [2.24, 2.45) is 0 Å². The first-order valence-corrected chi connectivity index (χ1v) is 12.5. The number of ether oxygens (including phenoxy) is 1. The summed E-state index contributed by atoms with van der Waals surface area (Å²) in [7, 11) is 1.61. The molecular formula is C26H29FN4O3S. The number of benzene rings is 2. The van der Waals surface area contributed by atoms with Gasteiger partial charge in [0.2, 0.25) is 11.8 Å². The highest BCUT2D eigenvalue weighted by Gasteiger charge is 2.24. The second-order valence-electron chi connectivity index (χ2n) is 8.44. The molecule has 0 radical (unpaired) electrons. The van der Waals surface area contributed by atoms with Crippen molar-refractivity contribution in [1.29, 1.82) is 0 Å². The molecule has 0 spiro atoms. The summed E-state index contributed by atoms with van der Waals surface area (Å²) in [6.45, 7) is 1.50. The van der Waals surface area contributed by atoms with Crippen LogP contribution in [0.25, 0.3) is 0 Å². The number of carbonyl (C=O) groups is 2. The average Bonchev–Trinajstić information content (AvgIpc) is 3.31. The fraction of sp³-hybridized carbons (Fsp3) is 0.346. The second kappa shape index (κ2) is 11.9. The average molecular weight is 497 g/mol. The molecule has 1 aliphatic rings. The zero-order valence-corrected chi connectivity index (χ0v) is 20.5. The van der Waals surface area contributed by atoms with Crippen molar-refractivity contribution in [3.05, 3.63) is 72.3 Å². The highest BCUT2D eigenvalue weighted by atomic mass is 32.2. The van der Waals surface area contributed by atoms with Crippen molar-refractivity contribution in [2.75, 3.05) is 25.5 Å². The monoisotopic (exact) mass is 496 g/mol. The number of para-hydroxylation sites is 1. The normalized spacial score (nSPS) is 14.1. The smallest absolute Gasteiger partial charge is 0.244 e. The number of hydrogen-bond donors (Lipinski definition) is 1. The number of hydrogen-bond acceptors (Lipinski definition) is 5. The van der Waals surface area contributed by atoms with E-state index in [4.69, 9.17) is 4.74 Å². The van der Waals surface area contributed by atoms with Gasteiger partial charge in [-0.15, -0.1) is 11.8 Å². The molecule has 2 aromatic carbocycles. The summed E-state index contributed by atoms with van der Waals surface area (Å²) in [4.78, 5) is 28.0. The van der Waals surface area contributed by atoms with Crippen LogP contribution in [0.3, 0.4) is 0 Å². The molecule has 0 atom stereocenters. The van der Waals surface area contributed by atoms with Gasteiger partial charge in [0.15, 0.2) is 0 Å². The van der Waals surface area contributed by atoms with Crippen LogP contribution < -0.4 is 10.1 Å². The Hall–Kier alpha value is -3.33. The maximum Gasteiger partial charge on any atom is 0.244 e. The third kappa shape index (κ3) is 7.08. The Morgan fingerprint density at radius 2 is 1.89 bits per heavy atom. The minimum atomic E-state index is -0.232. The Morgan fingerprint density at radius 1 is 1.14 bits per heavy atom. The predicted octanol–water partition coefficient (Wildman–Crippen LogP) is 4.39. The van der Waals surface area contributed by atoms with E-state index in [0.29, 0.717) is 36.9 Å². The number of thioether (sulfide) groups is 1. The fourth-order valence-electron chi connectivity index (χ4n) is 4.06. The second-order valence-corrected chi connectivity index (χ2v) is 9.81. The van der Waals surface area contributed by atoms with Gasteiger partial charge >= 0.3 is 0 Å². The zero-order valence-electron chi connectivity index (χ0n) is 19.7. The molecule has 9 heteroatoms. The van der Waals surface area contributed by atoms with Crippen molar-refractivity contribution in [3.63, 3.8) is 0 Å². The van der Waals surface area contributed by atoms with E-state index >= 15 is 0 Å². The topological polar surface area (TPSA) is 76.5 Å². The third-order valence-corrected chi connectivity index (χ3v) is 7.29. The lowest BCUT2D eigenvalue weighted by atomic mass is 10.1. The summed E-state index contributed by atoms with van der Waals surface area (Å²) in [6, 6.07) is 14.2. The van der Waals surface area contributed by atoms with Gasteiger partial charge in [0.25, 0.3) is 0 Å². The van der Waals surface area contributed by atoms with Gasteiger partial charge in [-0.3, -0.25) is 14.3 Å². The molecule has 1 saturated heterocycles. The van der Waals surface area contributed by atoms with Gasteiger partial charge in [0, 0.05) is 35.9 Å². The number of rotatable bonds is 9. The summed E-state index contributed by atoms with van der Waals surface area (Å²) < 4.78 is 20.0. The van der Waals surface area contributed by atoms with E-state index in [1.54, 1.807) is 48.1 Å². The Morgan fingerprint density at radius 3 is 2.63 bits per heavy atom. The number of anilines is 1. The van der Waals surface area contributed by atoms with Gasteiger partial charge < -0.3 is 15.0 Å². The number of piperidine rings is 1. The molecule has 1 aliphatic heterocycles. The molecule has 7 nitrogen and oxygen atoms in total. The minimum Gasteiger partial charge on any atom is -0.496 e. The van der Waals surface area contributed by atoms with Crippen molar-refractivity contribution in [3.8, 4) is 5.75 Å². The fourth-order valence-corrected chi connectivity index (χ4v) is 5.19. The van der Waals surface area contributed by atoms with Crippen LogP contribution in [-0.4, -0.2) is 51.9 Å². The standard InChI is InChI=1S/C26H29FN4O3S/c1-34-24-5-3-2-4-19(24)6-11-25(32)29-21-16-28-31(17-21)18-26(33)30-14-12-23(13-15-30)35-22-9-7-20(27)8-10-22/h2-5,7-10,16-17,23H,6,11-15,18H2,1H3,(H,29,32). The molecule has 1 aromatic heterocycles. The Balaban J connectivity index is 1.20. The van der Waals surface area contributed by atoms with Gasteiger partial charge in [-0.1, -0.05) is 18.2 Å². The van der Waals surface area contributed by atoms with Crippen molar-refractivity contribution in [1.82, 2.24) is 14.7 Å². The van der Waals surface area contributed by atoms with Crippen LogP contribution in [0.1, 0.15) is 24.8 Å². The van der Waals surface area contributed by atoms with Crippen molar-refractivity contribution in [2.45, 2.75) is 42.4 Å². The quantitative estimate of drug-likeness (QED) is 0.476. The van der Waals surface area contributed by atoms with Gasteiger partial charge in [0.05, 0.1) is 19.0 Å². The molecule has 184 valence electrons. The molecule has 3 aromatic rings. The van der Waals surface area contributed by atoms with Crippen LogP contribution in [0.5, 0.6) is 5.75 Å². The largest absolute Gasteiger partial charge is 0.496 e. The number of nitrogens with zero attached hydrogens (tertiary/aromatic N) is 3. The molecule has 0 bridgehead atoms. The molecule has 2 amide bonds. The lowest BCUT2D eigenvalue weighted by molar-refractivity contribution is -0.132. The van der Waals surface area contributed by atoms with E-state index in [1.165, 1.54) is 12.1 Å². The van der Waals surface area contributed by atoms with E-state index in [-0.39, 0.29) is 24.2 Å². The number of methoxy groups -OCH3 is 1. The maximum absolute atomic E-state index is 13.1. The number of halogens is 1. The number of likely N-dealkylation sites (tertiary alicyclic amines) is 1. The van der Waals surface area contributed by atoms with Crippen LogP contribution in [0.4, 0.5) is 10.1 Å². The van der Waals surface area contributed by atoms with Crippen LogP contribution in [-0.2, 0) is 22.6 Å². The molecule has 2 heterocycles. The van der Waals surface area contributed by atoms with Crippen LogP contribution >= 0.6 is 11.8 Å². The van der Waals surface area contributed by atoms with Gasteiger partial charge in [-0.05, 0) is 55.2 Å². The highest BCUT2D eigenvalue weighted by molar-refractivity contribution is 8.00. The van der Waals surface area contributed by atoms with E-state index in [2.05, 4.69) is 10.4 Å². The van der Waals surface area contributed by atoms with E-state index in [0.717, 1.165) is 29.1 Å². The lowest BCUT2D eigenvalue weighted by Gasteiger charge is -2.31. The third-order valence-electron chi connectivity index (χ3n) is 5.94. The SMILES string of the molecule is COc1ccccc1CCC(=O)Nc1cnn(CC(=O)N2CCC(Sc3ccc(F)cc3)CC2)c1. The number of carbonyl (C=O) groups excluding carboxylic acids is 2.